The van der Waals surface area contributed by atoms with Crippen LogP contribution < -0.4 is 14.8 Å². The molecule has 0 saturated heterocycles. The topological polar surface area (TPSA) is 73.9 Å². The maximum absolute atomic E-state index is 12.0. The molecule has 1 amide bonds. The summed E-state index contributed by atoms with van der Waals surface area (Å²) in [6, 6.07) is 10.7. The maximum atomic E-state index is 12.0. The molecule has 0 aromatic heterocycles. The molecule has 0 bridgehead atoms. The Labute approximate surface area is 153 Å². The highest BCUT2D eigenvalue weighted by molar-refractivity contribution is 5.91. The van der Waals surface area contributed by atoms with Crippen molar-refractivity contribution < 1.29 is 23.8 Å². The fourth-order valence-corrected chi connectivity index (χ4v) is 2.33. The van der Waals surface area contributed by atoms with Crippen LogP contribution in [0.2, 0.25) is 0 Å². The Hall–Kier alpha value is -3.02. The number of amides is 1. The molecule has 0 fully saturated rings. The lowest BCUT2D eigenvalue weighted by Crippen LogP contribution is -2.28. The number of carbonyl (C=O) groups is 2. The first-order valence-corrected chi connectivity index (χ1v) is 8.16. The monoisotopic (exact) mass is 357 g/mol. The third-order valence-corrected chi connectivity index (χ3v) is 4.01. The highest BCUT2D eigenvalue weighted by Gasteiger charge is 2.11. The highest BCUT2D eigenvalue weighted by atomic mass is 16.5. The molecule has 0 aliphatic carbocycles. The van der Waals surface area contributed by atoms with Gasteiger partial charge >= 0.3 is 5.97 Å². The van der Waals surface area contributed by atoms with Crippen molar-refractivity contribution in [1.82, 2.24) is 5.32 Å². The molecule has 0 saturated carbocycles. The first-order chi connectivity index (χ1) is 12.4. The lowest BCUT2D eigenvalue weighted by Gasteiger charge is -2.11. The summed E-state index contributed by atoms with van der Waals surface area (Å²) in [7, 11) is 3.11. The van der Waals surface area contributed by atoms with E-state index in [4.69, 9.17) is 14.2 Å². The Balaban J connectivity index is 1.85. The standard InChI is InChI=1S/C20H23NO5/c1-13-5-7-16(9-14(13)2)20(23)26-12-19(22)21-11-15-6-8-17(24-3)18(10-15)25-4/h5-10H,11-12H2,1-4H3,(H,21,22). The average Bonchev–Trinajstić information content (AvgIpc) is 2.66. The van der Waals surface area contributed by atoms with Crippen LogP contribution in [-0.4, -0.2) is 32.7 Å². The molecule has 6 nitrogen and oxygen atoms in total. The second kappa shape index (κ2) is 8.89. The number of rotatable bonds is 7. The summed E-state index contributed by atoms with van der Waals surface area (Å²) in [6.07, 6.45) is 0. The molecule has 0 unspecified atom stereocenters. The van der Waals surface area contributed by atoms with Crippen molar-refractivity contribution >= 4 is 11.9 Å². The summed E-state index contributed by atoms with van der Waals surface area (Å²) >= 11 is 0. The van der Waals surface area contributed by atoms with E-state index in [2.05, 4.69) is 5.32 Å². The van der Waals surface area contributed by atoms with E-state index in [0.717, 1.165) is 16.7 Å². The van der Waals surface area contributed by atoms with E-state index in [1.807, 2.05) is 26.0 Å². The first-order valence-electron chi connectivity index (χ1n) is 8.16. The molecule has 0 heterocycles. The number of hydrogen-bond donors (Lipinski definition) is 1. The van der Waals surface area contributed by atoms with Crippen molar-refractivity contribution in [2.45, 2.75) is 20.4 Å². The van der Waals surface area contributed by atoms with Crippen LogP contribution in [0.5, 0.6) is 11.5 Å². The smallest absolute Gasteiger partial charge is 0.338 e. The molecule has 0 spiro atoms. The van der Waals surface area contributed by atoms with E-state index in [0.29, 0.717) is 23.6 Å². The molecule has 1 N–H and O–H groups in total. The minimum absolute atomic E-state index is 0.292. The highest BCUT2D eigenvalue weighted by Crippen LogP contribution is 2.27. The van der Waals surface area contributed by atoms with E-state index in [-0.39, 0.29) is 12.5 Å². The van der Waals surface area contributed by atoms with Crippen LogP contribution >= 0.6 is 0 Å². The van der Waals surface area contributed by atoms with Crippen molar-refractivity contribution in [3.63, 3.8) is 0 Å². The van der Waals surface area contributed by atoms with Crippen LogP contribution in [0.1, 0.15) is 27.0 Å². The van der Waals surface area contributed by atoms with Crippen LogP contribution in [-0.2, 0) is 16.1 Å². The molecule has 0 atom stereocenters. The van der Waals surface area contributed by atoms with Crippen LogP contribution in [0.4, 0.5) is 0 Å². The van der Waals surface area contributed by atoms with Crippen molar-refractivity contribution in [3.8, 4) is 11.5 Å². The van der Waals surface area contributed by atoms with E-state index in [1.165, 1.54) is 0 Å². The number of nitrogens with one attached hydrogen (secondary N) is 1. The quantitative estimate of drug-likeness (QED) is 0.772. The third-order valence-electron chi connectivity index (χ3n) is 4.01. The Bertz CT molecular complexity index is 801. The zero-order valence-electron chi connectivity index (χ0n) is 15.4. The molecular formula is C20H23NO5. The van der Waals surface area contributed by atoms with Crippen LogP contribution in [0.25, 0.3) is 0 Å². The van der Waals surface area contributed by atoms with Crippen LogP contribution in [0, 0.1) is 13.8 Å². The largest absolute Gasteiger partial charge is 0.493 e. The number of benzene rings is 2. The number of carbonyl (C=O) groups excluding carboxylic acids is 2. The van der Waals surface area contributed by atoms with Gasteiger partial charge in [-0.2, -0.15) is 0 Å². The fraction of sp³-hybridized carbons (Fsp3) is 0.300. The Morgan fingerprint density at radius 2 is 1.65 bits per heavy atom. The Kier molecular flexibility index (Phi) is 6.60. The third kappa shape index (κ3) is 4.99. The predicted molar refractivity (Wildman–Crippen MR) is 97.6 cm³/mol. The van der Waals surface area contributed by atoms with Gasteiger partial charge in [0.2, 0.25) is 0 Å². The maximum Gasteiger partial charge on any atom is 0.338 e. The van der Waals surface area contributed by atoms with Gasteiger partial charge in [0.1, 0.15) is 0 Å². The van der Waals surface area contributed by atoms with Crippen molar-refractivity contribution in [3.05, 3.63) is 58.7 Å². The summed E-state index contributed by atoms with van der Waals surface area (Å²) in [4.78, 5) is 23.9. The number of methoxy groups -OCH3 is 2. The van der Waals surface area contributed by atoms with Gasteiger partial charge in [-0.3, -0.25) is 4.79 Å². The lowest BCUT2D eigenvalue weighted by atomic mass is 10.1. The van der Waals surface area contributed by atoms with Crippen molar-refractivity contribution in [2.75, 3.05) is 20.8 Å². The fourth-order valence-electron chi connectivity index (χ4n) is 2.33. The van der Waals surface area contributed by atoms with Gasteiger partial charge in [0.05, 0.1) is 19.8 Å². The molecule has 138 valence electrons. The van der Waals surface area contributed by atoms with Gasteiger partial charge in [0.15, 0.2) is 18.1 Å². The lowest BCUT2D eigenvalue weighted by molar-refractivity contribution is -0.124. The van der Waals surface area contributed by atoms with Gasteiger partial charge in [-0.05, 0) is 54.8 Å². The second-order valence-corrected chi connectivity index (χ2v) is 5.84. The molecule has 2 aromatic rings. The van der Waals surface area contributed by atoms with Crippen molar-refractivity contribution in [2.24, 2.45) is 0 Å². The zero-order chi connectivity index (χ0) is 19.1. The predicted octanol–water partition coefficient (Wildman–Crippen LogP) is 2.79. The molecular weight excluding hydrogens is 334 g/mol. The molecule has 2 aromatic carbocycles. The van der Waals surface area contributed by atoms with E-state index >= 15 is 0 Å². The molecule has 0 radical (unpaired) electrons. The van der Waals surface area contributed by atoms with Gasteiger partial charge in [-0.1, -0.05) is 12.1 Å². The molecule has 6 heteroatoms. The van der Waals surface area contributed by atoms with E-state index < -0.39 is 5.97 Å². The second-order valence-electron chi connectivity index (χ2n) is 5.84. The molecule has 2 rings (SSSR count). The number of ether oxygens (including phenoxy) is 3. The SMILES string of the molecule is COc1ccc(CNC(=O)COC(=O)c2ccc(C)c(C)c2)cc1OC. The molecule has 0 aliphatic rings. The summed E-state index contributed by atoms with van der Waals surface area (Å²) in [5.41, 5.74) is 3.36. The van der Waals surface area contributed by atoms with Gasteiger partial charge in [-0.25, -0.2) is 4.79 Å². The zero-order valence-corrected chi connectivity index (χ0v) is 15.4. The van der Waals surface area contributed by atoms with Crippen molar-refractivity contribution in [1.29, 1.82) is 0 Å². The molecule has 0 aliphatic heterocycles. The summed E-state index contributed by atoms with van der Waals surface area (Å²) in [6.45, 7) is 3.84. The Morgan fingerprint density at radius 1 is 0.923 bits per heavy atom. The van der Waals surface area contributed by atoms with E-state index in [9.17, 15) is 9.59 Å². The van der Waals surface area contributed by atoms with Gasteiger partial charge in [0.25, 0.3) is 5.91 Å². The average molecular weight is 357 g/mol. The summed E-state index contributed by atoms with van der Waals surface area (Å²) < 4.78 is 15.5. The normalized spacial score (nSPS) is 10.2. The van der Waals surface area contributed by atoms with Gasteiger partial charge < -0.3 is 19.5 Å². The number of hydrogen-bond acceptors (Lipinski definition) is 5. The summed E-state index contributed by atoms with van der Waals surface area (Å²) in [5, 5.41) is 2.70. The molecule has 26 heavy (non-hydrogen) atoms. The minimum Gasteiger partial charge on any atom is -0.493 e. The summed E-state index contributed by atoms with van der Waals surface area (Å²) in [5.74, 6) is 0.302. The first kappa shape index (κ1) is 19.3. The minimum atomic E-state index is -0.519. The number of aryl methyl sites for hydroxylation is 2. The number of esters is 1. The van der Waals surface area contributed by atoms with E-state index in [1.54, 1.807) is 38.5 Å². The van der Waals surface area contributed by atoms with Crippen LogP contribution in [0.15, 0.2) is 36.4 Å². The van der Waals surface area contributed by atoms with Gasteiger partial charge in [0, 0.05) is 6.54 Å². The Morgan fingerprint density at radius 3 is 2.31 bits per heavy atom. The van der Waals surface area contributed by atoms with Crippen LogP contribution in [0.3, 0.4) is 0 Å². The van der Waals surface area contributed by atoms with Gasteiger partial charge in [-0.15, -0.1) is 0 Å².